The first-order valence-corrected chi connectivity index (χ1v) is 9.49. The molecular weight excluding hydrogens is 382 g/mol. The van der Waals surface area contributed by atoms with Crippen molar-refractivity contribution in [2.24, 2.45) is 0 Å². The van der Waals surface area contributed by atoms with E-state index in [1.165, 1.54) is 12.4 Å². The summed E-state index contributed by atoms with van der Waals surface area (Å²) in [4.78, 5) is 29.0. The Morgan fingerprint density at radius 3 is 2.50 bits per heavy atom. The summed E-state index contributed by atoms with van der Waals surface area (Å²) in [6.07, 6.45) is 4.72. The number of aryl methyl sites for hydroxylation is 1. The minimum absolute atomic E-state index is 0.205. The van der Waals surface area contributed by atoms with E-state index in [9.17, 15) is 9.59 Å². The molecule has 1 aromatic heterocycles. The highest BCUT2D eigenvalue weighted by atomic mass is 16.5. The maximum atomic E-state index is 12.8. The van der Waals surface area contributed by atoms with Gasteiger partial charge < -0.3 is 14.2 Å². The molecule has 1 aliphatic heterocycles. The second kappa shape index (κ2) is 8.21. The Morgan fingerprint density at radius 2 is 1.80 bits per heavy atom. The van der Waals surface area contributed by atoms with Crippen LogP contribution in [0.15, 0.2) is 66.7 Å². The maximum Gasteiger partial charge on any atom is 0.343 e. The topological polar surface area (TPSA) is 74.7 Å². The summed E-state index contributed by atoms with van der Waals surface area (Å²) in [5.74, 6) is 0.945. The molecule has 2 aromatic carbocycles. The fraction of sp³-hybridized carbons (Fsp3) is 0.125. The zero-order valence-corrected chi connectivity index (χ0v) is 16.5. The molecule has 0 saturated heterocycles. The zero-order chi connectivity index (χ0) is 21.1. The number of carbonyl (C=O) groups excluding carboxylic acids is 2. The number of carbonyl (C=O) groups is 2. The third-order valence-electron chi connectivity index (χ3n) is 4.56. The quantitative estimate of drug-likeness (QED) is 0.353. The van der Waals surface area contributed by atoms with Crippen molar-refractivity contribution >= 4 is 17.8 Å². The molecular formula is C24H19NO5. The van der Waals surface area contributed by atoms with Gasteiger partial charge in [0, 0.05) is 18.5 Å². The zero-order valence-electron chi connectivity index (χ0n) is 16.5. The molecule has 150 valence electrons. The van der Waals surface area contributed by atoms with Crippen molar-refractivity contribution in [1.82, 2.24) is 4.98 Å². The van der Waals surface area contributed by atoms with Gasteiger partial charge in [0.1, 0.15) is 17.2 Å². The second-order valence-corrected chi connectivity index (χ2v) is 6.68. The number of rotatable bonds is 5. The molecule has 4 rings (SSSR count). The lowest BCUT2D eigenvalue weighted by Gasteiger charge is -2.07. The van der Waals surface area contributed by atoms with Crippen LogP contribution in [-0.4, -0.2) is 23.3 Å². The van der Waals surface area contributed by atoms with E-state index in [-0.39, 0.29) is 11.5 Å². The number of allylic oxidation sites excluding steroid dienone is 1. The molecule has 0 N–H and O–H groups in total. The molecule has 6 heteroatoms. The predicted molar refractivity (Wildman–Crippen MR) is 111 cm³/mol. The van der Waals surface area contributed by atoms with Crippen molar-refractivity contribution in [2.75, 3.05) is 6.61 Å². The van der Waals surface area contributed by atoms with Crippen molar-refractivity contribution in [3.05, 3.63) is 88.9 Å². The monoisotopic (exact) mass is 401 g/mol. The van der Waals surface area contributed by atoms with Gasteiger partial charge in [0.05, 0.1) is 17.7 Å². The van der Waals surface area contributed by atoms with Gasteiger partial charge in [-0.1, -0.05) is 12.1 Å². The van der Waals surface area contributed by atoms with E-state index in [1.54, 1.807) is 37.3 Å². The first kappa shape index (κ1) is 19.4. The highest BCUT2D eigenvalue weighted by Crippen LogP contribution is 2.37. The van der Waals surface area contributed by atoms with Gasteiger partial charge in [-0.3, -0.25) is 9.78 Å². The molecule has 3 aromatic rings. The Bertz CT molecular complexity index is 1130. The number of nitrogens with zero attached hydrogens (tertiary/aromatic N) is 1. The van der Waals surface area contributed by atoms with Gasteiger partial charge in [0.2, 0.25) is 5.78 Å². The molecule has 0 amide bonds. The highest BCUT2D eigenvalue weighted by molar-refractivity contribution is 6.15. The SMILES string of the molecule is CCOc1ccc(/C=C2\Oc3cc(OC(=O)c4ccncc4)cc(C)c3C2=O)cc1. The Balaban J connectivity index is 1.57. The Labute approximate surface area is 173 Å². The van der Waals surface area contributed by atoms with Gasteiger partial charge in [-0.2, -0.15) is 0 Å². The van der Waals surface area contributed by atoms with E-state index in [0.717, 1.165) is 11.3 Å². The van der Waals surface area contributed by atoms with Crippen LogP contribution in [-0.2, 0) is 0 Å². The minimum atomic E-state index is -0.508. The van der Waals surface area contributed by atoms with Crippen LogP contribution < -0.4 is 14.2 Å². The summed E-state index contributed by atoms with van der Waals surface area (Å²) < 4.78 is 16.7. The largest absolute Gasteiger partial charge is 0.494 e. The van der Waals surface area contributed by atoms with Crippen LogP contribution in [0.5, 0.6) is 17.2 Å². The van der Waals surface area contributed by atoms with E-state index >= 15 is 0 Å². The van der Waals surface area contributed by atoms with Crippen LogP contribution in [0.1, 0.15) is 38.8 Å². The van der Waals surface area contributed by atoms with Crippen LogP contribution in [0.2, 0.25) is 0 Å². The average molecular weight is 401 g/mol. The number of hydrogen-bond donors (Lipinski definition) is 0. The molecule has 6 nitrogen and oxygen atoms in total. The van der Waals surface area contributed by atoms with Gasteiger partial charge >= 0.3 is 5.97 Å². The van der Waals surface area contributed by atoms with Crippen LogP contribution in [0.3, 0.4) is 0 Å². The molecule has 0 saturated carbocycles. The van der Waals surface area contributed by atoms with Gasteiger partial charge in [-0.25, -0.2) is 4.79 Å². The highest BCUT2D eigenvalue weighted by Gasteiger charge is 2.30. The molecule has 0 aliphatic carbocycles. The number of hydrogen-bond acceptors (Lipinski definition) is 6. The summed E-state index contributed by atoms with van der Waals surface area (Å²) in [6, 6.07) is 13.7. The fourth-order valence-electron chi connectivity index (χ4n) is 3.17. The van der Waals surface area contributed by atoms with Crippen molar-refractivity contribution < 1.29 is 23.8 Å². The van der Waals surface area contributed by atoms with E-state index in [0.29, 0.717) is 34.8 Å². The lowest BCUT2D eigenvalue weighted by molar-refractivity contribution is 0.0734. The third-order valence-corrected chi connectivity index (χ3v) is 4.56. The number of aromatic nitrogens is 1. The first-order chi connectivity index (χ1) is 14.5. The minimum Gasteiger partial charge on any atom is -0.494 e. The lowest BCUT2D eigenvalue weighted by atomic mass is 10.0. The summed E-state index contributed by atoms with van der Waals surface area (Å²) >= 11 is 0. The molecule has 0 bridgehead atoms. The molecule has 0 spiro atoms. The normalized spacial score (nSPS) is 13.7. The number of pyridine rings is 1. The van der Waals surface area contributed by atoms with E-state index in [1.807, 2.05) is 31.2 Å². The molecule has 30 heavy (non-hydrogen) atoms. The van der Waals surface area contributed by atoms with Crippen molar-refractivity contribution in [1.29, 1.82) is 0 Å². The summed E-state index contributed by atoms with van der Waals surface area (Å²) in [6.45, 7) is 4.29. The second-order valence-electron chi connectivity index (χ2n) is 6.68. The smallest absolute Gasteiger partial charge is 0.343 e. The summed E-state index contributed by atoms with van der Waals surface area (Å²) in [5.41, 5.74) is 2.34. The molecule has 0 unspecified atom stereocenters. The maximum absolute atomic E-state index is 12.8. The fourth-order valence-corrected chi connectivity index (χ4v) is 3.17. The van der Waals surface area contributed by atoms with Gasteiger partial charge in [0.15, 0.2) is 5.76 Å². The number of Topliss-reactive ketones (excluding diaryl/α,β-unsaturated/α-hetero) is 1. The first-order valence-electron chi connectivity index (χ1n) is 9.49. The average Bonchev–Trinajstić information content (AvgIpc) is 3.06. The molecule has 0 fully saturated rings. The number of ether oxygens (including phenoxy) is 3. The molecule has 0 radical (unpaired) electrons. The Morgan fingerprint density at radius 1 is 1.07 bits per heavy atom. The predicted octanol–water partition coefficient (Wildman–Crippen LogP) is 4.62. The van der Waals surface area contributed by atoms with E-state index in [4.69, 9.17) is 14.2 Å². The summed E-state index contributed by atoms with van der Waals surface area (Å²) in [5, 5.41) is 0. The van der Waals surface area contributed by atoms with Crippen LogP contribution in [0.25, 0.3) is 6.08 Å². The van der Waals surface area contributed by atoms with Gasteiger partial charge in [-0.15, -0.1) is 0 Å². The van der Waals surface area contributed by atoms with Gasteiger partial charge in [0.25, 0.3) is 0 Å². The van der Waals surface area contributed by atoms with Crippen LogP contribution in [0.4, 0.5) is 0 Å². The standard InChI is InChI=1S/C24H19NO5/c1-3-28-18-6-4-16(5-7-18)13-21-23(26)22-15(2)12-19(14-20(22)30-21)29-24(27)17-8-10-25-11-9-17/h4-14H,3H2,1-2H3/b21-13-. The Kier molecular flexibility index (Phi) is 5.30. The van der Waals surface area contributed by atoms with Crippen molar-refractivity contribution in [3.63, 3.8) is 0 Å². The molecule has 2 heterocycles. The molecule has 0 atom stereocenters. The third kappa shape index (κ3) is 3.93. The number of benzene rings is 2. The summed E-state index contributed by atoms with van der Waals surface area (Å²) in [7, 11) is 0. The number of ketones is 1. The van der Waals surface area contributed by atoms with Gasteiger partial charge in [-0.05, 0) is 61.4 Å². The van der Waals surface area contributed by atoms with Crippen molar-refractivity contribution in [3.8, 4) is 17.2 Å². The lowest BCUT2D eigenvalue weighted by Crippen LogP contribution is -2.08. The molecule has 1 aliphatic rings. The van der Waals surface area contributed by atoms with Crippen LogP contribution >= 0.6 is 0 Å². The van der Waals surface area contributed by atoms with Crippen molar-refractivity contribution in [2.45, 2.75) is 13.8 Å². The van der Waals surface area contributed by atoms with E-state index in [2.05, 4.69) is 4.98 Å². The van der Waals surface area contributed by atoms with E-state index < -0.39 is 5.97 Å². The Hall–Kier alpha value is -3.93. The van der Waals surface area contributed by atoms with Crippen LogP contribution in [0, 0.1) is 6.92 Å². The number of fused-ring (bicyclic) bond motifs is 1. The number of esters is 1.